The summed E-state index contributed by atoms with van der Waals surface area (Å²) < 4.78 is 5.49. The number of likely N-dealkylation sites (N-methyl/N-ethyl adjacent to an activating group) is 1. The number of piperidine rings is 1. The van der Waals surface area contributed by atoms with Gasteiger partial charge in [0.05, 0.1) is 6.61 Å². The lowest BCUT2D eigenvalue weighted by Gasteiger charge is -2.34. The molecular weight excluding hydrogens is 248 g/mol. The van der Waals surface area contributed by atoms with Gasteiger partial charge in [-0.15, -0.1) is 0 Å². The molecule has 3 heteroatoms. The summed E-state index contributed by atoms with van der Waals surface area (Å²) in [6.45, 7) is 10.8. The van der Waals surface area contributed by atoms with Gasteiger partial charge in [0.2, 0.25) is 0 Å². The lowest BCUT2D eigenvalue weighted by atomic mass is 10.0. The zero-order valence-electron chi connectivity index (χ0n) is 13.1. The molecule has 1 N–H and O–H groups in total. The molecule has 0 aromatic heterocycles. The third-order valence-electron chi connectivity index (χ3n) is 4.13. The van der Waals surface area contributed by atoms with Crippen LogP contribution >= 0.6 is 0 Å². The first-order valence-electron chi connectivity index (χ1n) is 7.94. The minimum atomic E-state index is 0.396. The van der Waals surface area contributed by atoms with Gasteiger partial charge in [0, 0.05) is 18.6 Å². The summed E-state index contributed by atoms with van der Waals surface area (Å²) in [4.78, 5) is 2.53. The molecule has 2 rings (SSSR count). The number of likely N-dealkylation sites (tertiary alicyclic amines) is 1. The van der Waals surface area contributed by atoms with Gasteiger partial charge in [-0.1, -0.05) is 19.1 Å². The van der Waals surface area contributed by atoms with Gasteiger partial charge in [0.25, 0.3) is 0 Å². The largest absolute Gasteiger partial charge is 0.494 e. The van der Waals surface area contributed by atoms with Crippen molar-refractivity contribution in [1.82, 2.24) is 10.2 Å². The lowest BCUT2D eigenvalue weighted by Crippen LogP contribution is -2.46. The fraction of sp³-hybridized carbons (Fsp3) is 0.647. The average Bonchev–Trinajstić information content (AvgIpc) is 2.48. The van der Waals surface area contributed by atoms with Crippen molar-refractivity contribution in [3.63, 3.8) is 0 Å². The Bertz CT molecular complexity index is 390. The number of rotatable bonds is 6. The van der Waals surface area contributed by atoms with E-state index in [1.165, 1.54) is 31.5 Å². The van der Waals surface area contributed by atoms with E-state index >= 15 is 0 Å². The topological polar surface area (TPSA) is 24.5 Å². The van der Waals surface area contributed by atoms with Crippen LogP contribution in [0, 0.1) is 0 Å². The first kappa shape index (κ1) is 15.3. The molecule has 1 aliphatic rings. The first-order chi connectivity index (χ1) is 9.72. The van der Waals surface area contributed by atoms with E-state index < -0.39 is 0 Å². The number of nitrogens with zero attached hydrogens (tertiary/aromatic N) is 1. The molecule has 1 aromatic rings. The molecule has 0 saturated carbocycles. The highest BCUT2D eigenvalue weighted by Gasteiger charge is 2.20. The van der Waals surface area contributed by atoms with Gasteiger partial charge in [0.15, 0.2) is 0 Å². The molecule has 0 aliphatic carbocycles. The molecule has 112 valence electrons. The summed E-state index contributed by atoms with van der Waals surface area (Å²) in [5, 5.41) is 3.77. The summed E-state index contributed by atoms with van der Waals surface area (Å²) in [5.74, 6) is 0.957. The second kappa shape index (κ2) is 7.65. The van der Waals surface area contributed by atoms with Gasteiger partial charge in [-0.25, -0.2) is 0 Å². The second-order valence-corrected chi connectivity index (χ2v) is 5.62. The average molecular weight is 276 g/mol. The van der Waals surface area contributed by atoms with E-state index in [1.807, 2.05) is 6.92 Å². The molecule has 0 amide bonds. The van der Waals surface area contributed by atoms with E-state index in [2.05, 4.69) is 48.3 Å². The van der Waals surface area contributed by atoms with Gasteiger partial charge in [-0.05, 0) is 57.5 Å². The Morgan fingerprint density at radius 2 is 2.05 bits per heavy atom. The van der Waals surface area contributed by atoms with E-state index in [1.54, 1.807) is 0 Å². The van der Waals surface area contributed by atoms with Crippen LogP contribution in [0.25, 0.3) is 0 Å². The Morgan fingerprint density at radius 3 is 2.70 bits per heavy atom. The Morgan fingerprint density at radius 1 is 1.30 bits per heavy atom. The third-order valence-corrected chi connectivity index (χ3v) is 4.13. The summed E-state index contributed by atoms with van der Waals surface area (Å²) in [6, 6.07) is 9.48. The van der Waals surface area contributed by atoms with E-state index in [0.29, 0.717) is 12.1 Å². The molecule has 1 saturated heterocycles. The van der Waals surface area contributed by atoms with E-state index in [9.17, 15) is 0 Å². The Hall–Kier alpha value is -1.06. The van der Waals surface area contributed by atoms with E-state index in [-0.39, 0.29) is 0 Å². The fourth-order valence-corrected chi connectivity index (χ4v) is 2.95. The number of nitrogens with one attached hydrogen (secondary N) is 1. The van der Waals surface area contributed by atoms with Crippen LogP contribution in [0.3, 0.4) is 0 Å². The van der Waals surface area contributed by atoms with Gasteiger partial charge in [-0.2, -0.15) is 0 Å². The molecule has 0 bridgehead atoms. The number of hydrogen-bond donors (Lipinski definition) is 1. The Labute approximate surface area is 123 Å². The van der Waals surface area contributed by atoms with Crippen molar-refractivity contribution in [3.8, 4) is 5.75 Å². The van der Waals surface area contributed by atoms with Crippen molar-refractivity contribution < 1.29 is 4.74 Å². The maximum absolute atomic E-state index is 5.49. The minimum Gasteiger partial charge on any atom is -0.494 e. The van der Waals surface area contributed by atoms with Crippen LogP contribution in [-0.4, -0.2) is 37.2 Å². The molecule has 1 aromatic carbocycles. The van der Waals surface area contributed by atoms with Crippen LogP contribution in [-0.2, 0) is 0 Å². The van der Waals surface area contributed by atoms with Crippen molar-refractivity contribution in [2.75, 3.05) is 26.2 Å². The maximum Gasteiger partial charge on any atom is 0.119 e. The summed E-state index contributed by atoms with van der Waals surface area (Å²) in [7, 11) is 0. The third kappa shape index (κ3) is 4.22. The molecule has 2 atom stereocenters. The highest BCUT2D eigenvalue weighted by molar-refractivity contribution is 5.29. The molecule has 1 heterocycles. The van der Waals surface area contributed by atoms with Crippen LogP contribution in [0.5, 0.6) is 5.75 Å². The molecule has 3 nitrogen and oxygen atoms in total. The summed E-state index contributed by atoms with van der Waals surface area (Å²) in [6.07, 6.45) is 2.60. The molecule has 0 spiro atoms. The SMILES string of the molecule is CCOc1ccc(C(C)NC2CCCN(CC)C2)cc1. The second-order valence-electron chi connectivity index (χ2n) is 5.62. The van der Waals surface area contributed by atoms with Crippen molar-refractivity contribution in [2.45, 2.75) is 45.7 Å². The molecular formula is C17H28N2O. The van der Waals surface area contributed by atoms with Crippen molar-refractivity contribution in [1.29, 1.82) is 0 Å². The molecule has 1 aliphatic heterocycles. The predicted octanol–water partition coefficient (Wildman–Crippen LogP) is 3.22. The highest BCUT2D eigenvalue weighted by Crippen LogP contribution is 2.20. The molecule has 1 fully saturated rings. The number of ether oxygens (including phenoxy) is 1. The van der Waals surface area contributed by atoms with Crippen molar-refractivity contribution in [2.24, 2.45) is 0 Å². The summed E-state index contributed by atoms with van der Waals surface area (Å²) in [5.41, 5.74) is 1.34. The van der Waals surface area contributed by atoms with Gasteiger partial charge < -0.3 is 15.0 Å². The van der Waals surface area contributed by atoms with Crippen LogP contribution in [0.1, 0.15) is 45.2 Å². The normalized spacial score (nSPS) is 21.6. The zero-order chi connectivity index (χ0) is 14.4. The van der Waals surface area contributed by atoms with Crippen LogP contribution in [0.4, 0.5) is 0 Å². The monoisotopic (exact) mass is 276 g/mol. The van der Waals surface area contributed by atoms with Crippen LogP contribution in [0.2, 0.25) is 0 Å². The van der Waals surface area contributed by atoms with E-state index in [0.717, 1.165) is 18.9 Å². The Kier molecular flexibility index (Phi) is 5.86. The quantitative estimate of drug-likeness (QED) is 0.863. The fourth-order valence-electron chi connectivity index (χ4n) is 2.95. The smallest absolute Gasteiger partial charge is 0.119 e. The van der Waals surface area contributed by atoms with Crippen molar-refractivity contribution >= 4 is 0 Å². The molecule has 20 heavy (non-hydrogen) atoms. The van der Waals surface area contributed by atoms with Gasteiger partial charge in [0.1, 0.15) is 5.75 Å². The van der Waals surface area contributed by atoms with Crippen LogP contribution < -0.4 is 10.1 Å². The van der Waals surface area contributed by atoms with Crippen molar-refractivity contribution in [3.05, 3.63) is 29.8 Å². The van der Waals surface area contributed by atoms with E-state index in [4.69, 9.17) is 4.74 Å². The lowest BCUT2D eigenvalue weighted by molar-refractivity contribution is 0.192. The minimum absolute atomic E-state index is 0.396. The van der Waals surface area contributed by atoms with Crippen LogP contribution in [0.15, 0.2) is 24.3 Å². The Balaban J connectivity index is 1.88. The van der Waals surface area contributed by atoms with Gasteiger partial charge in [-0.3, -0.25) is 0 Å². The van der Waals surface area contributed by atoms with Gasteiger partial charge >= 0.3 is 0 Å². The number of benzene rings is 1. The molecule has 2 unspecified atom stereocenters. The first-order valence-corrected chi connectivity index (χ1v) is 7.94. The maximum atomic E-state index is 5.49. The zero-order valence-corrected chi connectivity index (χ0v) is 13.1. The summed E-state index contributed by atoms with van der Waals surface area (Å²) >= 11 is 0. The molecule has 0 radical (unpaired) electrons. The standard InChI is InChI=1S/C17H28N2O/c1-4-19-12-6-7-16(13-19)18-14(3)15-8-10-17(11-9-15)20-5-2/h8-11,14,16,18H,4-7,12-13H2,1-3H3. The highest BCUT2D eigenvalue weighted by atomic mass is 16.5. The number of hydrogen-bond acceptors (Lipinski definition) is 3. The predicted molar refractivity (Wildman–Crippen MR) is 84.3 cm³/mol.